The van der Waals surface area contributed by atoms with Crippen molar-refractivity contribution in [3.8, 4) is 11.3 Å². The Morgan fingerprint density at radius 1 is 0.897 bits per heavy atom. The third-order valence-electron chi connectivity index (χ3n) is 9.72. The van der Waals surface area contributed by atoms with E-state index in [-0.39, 0.29) is 35.9 Å². The number of hydrogen-bond donors (Lipinski definition) is 4. The molecule has 1 fully saturated rings. The molecule has 1 saturated heterocycles. The van der Waals surface area contributed by atoms with Crippen molar-refractivity contribution >= 4 is 52.0 Å². The largest absolute Gasteiger partial charge is 0.444 e. The molecule has 0 bridgehead atoms. The Bertz CT molecular complexity index is 2250. The Kier molecular flexibility index (Phi) is 12.9. The highest BCUT2D eigenvalue weighted by Gasteiger charge is 2.39. The van der Waals surface area contributed by atoms with Crippen molar-refractivity contribution in [1.82, 2.24) is 20.1 Å². The summed E-state index contributed by atoms with van der Waals surface area (Å²) in [6.45, 7) is 7.82. The number of hydrogen-bond acceptors (Lipinski definition) is 6. The molecule has 13 heteroatoms. The van der Waals surface area contributed by atoms with Gasteiger partial charge in [-0.1, -0.05) is 79.7 Å². The molecule has 5 amide bonds. The van der Waals surface area contributed by atoms with Crippen LogP contribution in [0.15, 0.2) is 103 Å². The first-order valence-corrected chi connectivity index (χ1v) is 19.5. The first-order chi connectivity index (χ1) is 27.8. The molecule has 6 rings (SSSR count). The number of H-pyrrole nitrogens is 1. The molecule has 2 heterocycles. The zero-order valence-electron chi connectivity index (χ0n) is 33.1. The highest BCUT2D eigenvalue weighted by Crippen LogP contribution is 2.32. The Morgan fingerprint density at radius 2 is 1.57 bits per heavy atom. The van der Waals surface area contributed by atoms with Crippen molar-refractivity contribution in [2.45, 2.75) is 71.1 Å². The fourth-order valence-electron chi connectivity index (χ4n) is 7.03. The lowest BCUT2D eigenvalue weighted by Crippen LogP contribution is -2.49. The van der Waals surface area contributed by atoms with Crippen LogP contribution < -0.4 is 16.0 Å². The van der Waals surface area contributed by atoms with Crippen LogP contribution >= 0.6 is 0 Å². The summed E-state index contributed by atoms with van der Waals surface area (Å²) in [6, 6.07) is 27.9. The van der Waals surface area contributed by atoms with Gasteiger partial charge in [0.2, 0.25) is 17.7 Å². The number of carbonyl (C=O) groups excluding carboxylic acids is 5. The number of anilines is 2. The van der Waals surface area contributed by atoms with E-state index in [1.165, 1.54) is 11.0 Å². The lowest BCUT2D eigenvalue weighted by atomic mass is 10.0. The minimum Gasteiger partial charge on any atom is -0.444 e. The van der Waals surface area contributed by atoms with E-state index in [4.69, 9.17) is 4.74 Å². The maximum Gasteiger partial charge on any atom is 0.408 e. The van der Waals surface area contributed by atoms with E-state index in [1.807, 2.05) is 37.3 Å². The number of ether oxygens (including phenoxy) is 1. The van der Waals surface area contributed by atoms with E-state index in [9.17, 15) is 24.0 Å². The zero-order valence-corrected chi connectivity index (χ0v) is 33.1. The molecule has 2 atom stereocenters. The summed E-state index contributed by atoms with van der Waals surface area (Å²) in [4.78, 5) is 72.5. The Morgan fingerprint density at radius 3 is 2.24 bits per heavy atom. The van der Waals surface area contributed by atoms with Crippen LogP contribution in [0.3, 0.4) is 0 Å². The SMILES string of the molecule is CCCN(CC(=O)Nc1ccc(-c2[nH]c3ccc(NC(=O)[C@@H]4CCCN4C(=O)[C@H](NC(=O)OC(C)(C)C)c4ccccc4)cc3c2F)cc1)C(=O)Cc1ccccc1. The molecule has 4 aromatic carbocycles. The van der Waals surface area contributed by atoms with Crippen LogP contribution in [0, 0.1) is 5.82 Å². The van der Waals surface area contributed by atoms with Gasteiger partial charge in [0.1, 0.15) is 17.7 Å². The van der Waals surface area contributed by atoms with E-state index in [0.717, 1.165) is 5.56 Å². The highest BCUT2D eigenvalue weighted by atomic mass is 19.1. The summed E-state index contributed by atoms with van der Waals surface area (Å²) < 4.78 is 21.4. The second-order valence-corrected chi connectivity index (χ2v) is 15.3. The number of halogens is 1. The zero-order chi connectivity index (χ0) is 41.4. The Hall–Kier alpha value is -6.50. The van der Waals surface area contributed by atoms with Gasteiger partial charge in [-0.2, -0.15) is 0 Å². The standard InChI is InChI=1S/C45H49FN6O6/c1-5-24-51(38(54)26-29-13-8-6-9-14-29)28-37(53)47-32-20-18-31(19-21-32)40-39(46)34-27-33(22-23-35(34)49-40)48-42(55)36-17-12-25-52(36)43(56)41(30-15-10-7-11-16-30)50-44(57)58-45(2,3)4/h6-11,13-16,18-23,27,36,41,49H,5,12,17,24-26,28H2,1-4H3,(H,47,53)(H,48,55)(H,50,57)/t36-,41+/m0/s1. The molecular weight excluding hydrogens is 740 g/mol. The maximum atomic E-state index is 16.0. The summed E-state index contributed by atoms with van der Waals surface area (Å²) in [5.74, 6) is -1.86. The van der Waals surface area contributed by atoms with E-state index < -0.39 is 41.4 Å². The average molecular weight is 789 g/mol. The third kappa shape index (κ3) is 10.3. The predicted molar refractivity (Wildman–Crippen MR) is 221 cm³/mol. The van der Waals surface area contributed by atoms with Gasteiger partial charge in [-0.15, -0.1) is 0 Å². The van der Waals surface area contributed by atoms with Crippen LogP contribution in [0.25, 0.3) is 22.2 Å². The second kappa shape index (κ2) is 18.2. The fourth-order valence-corrected chi connectivity index (χ4v) is 7.03. The molecule has 0 unspecified atom stereocenters. The molecule has 302 valence electrons. The van der Waals surface area contributed by atoms with E-state index in [1.54, 1.807) is 92.4 Å². The number of benzene rings is 4. The Labute approximate surface area is 337 Å². The number of nitrogens with zero attached hydrogens (tertiary/aromatic N) is 2. The number of fused-ring (bicyclic) bond motifs is 1. The van der Waals surface area contributed by atoms with Gasteiger partial charge in [0.25, 0.3) is 5.91 Å². The van der Waals surface area contributed by atoms with Crippen LogP contribution in [0.4, 0.5) is 20.6 Å². The minimum atomic E-state index is -1.07. The average Bonchev–Trinajstić information content (AvgIpc) is 3.82. The molecule has 0 radical (unpaired) electrons. The number of amides is 5. The van der Waals surface area contributed by atoms with Crippen LogP contribution in [-0.4, -0.2) is 75.8 Å². The quantitative estimate of drug-likeness (QED) is 0.0965. The number of aromatic nitrogens is 1. The van der Waals surface area contributed by atoms with Crippen LogP contribution in [0.1, 0.15) is 64.1 Å². The summed E-state index contributed by atoms with van der Waals surface area (Å²) in [5.41, 5.74) is 2.78. The summed E-state index contributed by atoms with van der Waals surface area (Å²) >= 11 is 0. The van der Waals surface area contributed by atoms with E-state index >= 15 is 4.39 Å². The van der Waals surface area contributed by atoms with Gasteiger partial charge in [-0.3, -0.25) is 19.2 Å². The smallest absolute Gasteiger partial charge is 0.408 e. The van der Waals surface area contributed by atoms with Crippen molar-refractivity contribution in [3.05, 3.63) is 120 Å². The van der Waals surface area contributed by atoms with Gasteiger partial charge in [0, 0.05) is 40.9 Å². The first-order valence-electron chi connectivity index (χ1n) is 19.5. The van der Waals surface area contributed by atoms with Gasteiger partial charge >= 0.3 is 6.09 Å². The van der Waals surface area contributed by atoms with Crippen LogP contribution in [0.5, 0.6) is 0 Å². The molecule has 4 N–H and O–H groups in total. The molecule has 0 spiro atoms. The molecule has 5 aromatic rings. The van der Waals surface area contributed by atoms with Gasteiger partial charge in [0.15, 0.2) is 5.82 Å². The normalized spacial score (nSPS) is 14.4. The molecule has 0 aliphatic carbocycles. The monoisotopic (exact) mass is 788 g/mol. The van der Waals surface area contributed by atoms with Crippen molar-refractivity contribution in [1.29, 1.82) is 0 Å². The highest BCUT2D eigenvalue weighted by molar-refractivity contribution is 6.01. The number of alkyl carbamates (subject to hydrolysis) is 1. The summed E-state index contributed by atoms with van der Waals surface area (Å²) in [7, 11) is 0. The van der Waals surface area contributed by atoms with Gasteiger partial charge in [-0.25, -0.2) is 9.18 Å². The van der Waals surface area contributed by atoms with E-state index in [2.05, 4.69) is 20.9 Å². The van der Waals surface area contributed by atoms with Gasteiger partial charge in [0.05, 0.1) is 18.7 Å². The molecular formula is C45H49FN6O6. The molecule has 1 aliphatic rings. The molecule has 1 aromatic heterocycles. The van der Waals surface area contributed by atoms with Gasteiger partial charge < -0.3 is 35.5 Å². The molecule has 0 saturated carbocycles. The Balaban J connectivity index is 1.10. The minimum absolute atomic E-state index is 0.0919. The van der Waals surface area contributed by atoms with Crippen molar-refractivity contribution in [2.24, 2.45) is 0 Å². The number of carbonyl (C=O) groups is 5. The third-order valence-corrected chi connectivity index (χ3v) is 9.72. The van der Waals surface area contributed by atoms with Crippen LogP contribution in [0.2, 0.25) is 0 Å². The van der Waals surface area contributed by atoms with Crippen molar-refractivity contribution < 1.29 is 33.1 Å². The van der Waals surface area contributed by atoms with Crippen molar-refractivity contribution in [2.75, 3.05) is 30.3 Å². The number of aromatic amines is 1. The number of nitrogens with one attached hydrogen (secondary N) is 4. The second-order valence-electron chi connectivity index (χ2n) is 15.3. The lowest BCUT2D eigenvalue weighted by Gasteiger charge is -2.29. The number of likely N-dealkylation sites (tertiary alicyclic amines) is 1. The first kappa shape index (κ1) is 41.1. The number of rotatable bonds is 13. The fraction of sp³-hybridized carbons (Fsp3) is 0.311. The predicted octanol–water partition coefficient (Wildman–Crippen LogP) is 7.59. The molecule has 58 heavy (non-hydrogen) atoms. The topological polar surface area (TPSA) is 153 Å². The maximum absolute atomic E-state index is 16.0. The molecule has 1 aliphatic heterocycles. The van der Waals surface area contributed by atoms with Crippen molar-refractivity contribution in [3.63, 3.8) is 0 Å². The van der Waals surface area contributed by atoms with Crippen LogP contribution in [-0.2, 0) is 30.3 Å². The van der Waals surface area contributed by atoms with E-state index in [0.29, 0.717) is 60.4 Å². The molecule has 12 nitrogen and oxygen atoms in total. The summed E-state index contributed by atoms with van der Waals surface area (Å²) in [6.07, 6.45) is 1.16. The summed E-state index contributed by atoms with van der Waals surface area (Å²) in [5, 5.41) is 8.64. The lowest BCUT2D eigenvalue weighted by molar-refractivity contribution is -0.138. The van der Waals surface area contributed by atoms with Gasteiger partial charge in [-0.05, 0) is 81.5 Å².